The van der Waals surface area contributed by atoms with Gasteiger partial charge in [0.15, 0.2) is 11.5 Å². The lowest BCUT2D eigenvalue weighted by Crippen LogP contribution is -2.17. The van der Waals surface area contributed by atoms with Crippen LogP contribution in [-0.4, -0.2) is 36.7 Å². The van der Waals surface area contributed by atoms with Gasteiger partial charge in [-0.3, -0.25) is 14.9 Å². The molecular weight excluding hydrogens is 442 g/mol. The molecule has 0 aromatic heterocycles. The highest BCUT2D eigenvalue weighted by atomic mass is 16.6. The van der Waals surface area contributed by atoms with Crippen LogP contribution in [0.5, 0.6) is 17.2 Å². The van der Waals surface area contributed by atoms with Gasteiger partial charge in [0.2, 0.25) is 0 Å². The van der Waals surface area contributed by atoms with Gasteiger partial charge in [0, 0.05) is 17.7 Å². The van der Waals surface area contributed by atoms with Crippen molar-refractivity contribution in [1.82, 2.24) is 5.43 Å². The lowest BCUT2D eigenvalue weighted by molar-refractivity contribution is -0.384. The highest BCUT2D eigenvalue weighted by Crippen LogP contribution is 2.29. The predicted molar refractivity (Wildman–Crippen MR) is 124 cm³/mol. The molecule has 0 atom stereocenters. The van der Waals surface area contributed by atoms with Crippen molar-refractivity contribution in [2.75, 3.05) is 13.7 Å². The minimum absolute atomic E-state index is 0.0992. The van der Waals surface area contributed by atoms with E-state index in [2.05, 4.69) is 10.5 Å². The summed E-state index contributed by atoms with van der Waals surface area (Å²) in [6.07, 6.45) is 1.37. The Morgan fingerprint density at radius 3 is 2.47 bits per heavy atom. The van der Waals surface area contributed by atoms with Gasteiger partial charge in [-0.25, -0.2) is 10.2 Å². The van der Waals surface area contributed by atoms with Crippen LogP contribution in [0.25, 0.3) is 0 Å². The van der Waals surface area contributed by atoms with E-state index in [1.54, 1.807) is 49.4 Å². The first-order valence-electron chi connectivity index (χ1n) is 10.1. The number of carbonyl (C=O) groups is 2. The number of hydrogen-bond acceptors (Lipinski definition) is 8. The lowest BCUT2D eigenvalue weighted by atomic mass is 10.2. The number of esters is 1. The quantitative estimate of drug-likeness (QED) is 0.167. The molecule has 10 nitrogen and oxygen atoms in total. The average molecular weight is 463 g/mol. The Morgan fingerprint density at radius 1 is 1.03 bits per heavy atom. The van der Waals surface area contributed by atoms with Crippen molar-refractivity contribution >= 4 is 23.8 Å². The van der Waals surface area contributed by atoms with E-state index >= 15 is 0 Å². The zero-order valence-electron chi connectivity index (χ0n) is 18.4. The molecule has 0 aliphatic carbocycles. The maximum absolute atomic E-state index is 12.5. The highest BCUT2D eigenvalue weighted by Gasteiger charge is 2.14. The van der Waals surface area contributed by atoms with Crippen molar-refractivity contribution in [3.05, 3.63) is 93.5 Å². The van der Waals surface area contributed by atoms with Gasteiger partial charge in [-0.2, -0.15) is 5.10 Å². The summed E-state index contributed by atoms with van der Waals surface area (Å²) in [5.74, 6) is -0.00388. The van der Waals surface area contributed by atoms with E-state index < -0.39 is 16.8 Å². The van der Waals surface area contributed by atoms with Crippen molar-refractivity contribution in [3.8, 4) is 17.2 Å². The number of ether oxygens (including phenoxy) is 3. The SMILES string of the molecule is CCOc1cc(/C=N/NC(=O)c2cccc([N+](=O)[O-])c2)ccc1OC(=O)c1ccc(OC)cc1. The maximum Gasteiger partial charge on any atom is 0.343 e. The number of benzene rings is 3. The summed E-state index contributed by atoms with van der Waals surface area (Å²) in [7, 11) is 1.53. The summed E-state index contributed by atoms with van der Waals surface area (Å²) in [5, 5.41) is 14.7. The summed E-state index contributed by atoms with van der Waals surface area (Å²) in [6, 6.07) is 16.6. The Bertz CT molecular complexity index is 1220. The number of amides is 1. The molecule has 0 aliphatic heterocycles. The van der Waals surface area contributed by atoms with Crippen molar-refractivity contribution in [2.24, 2.45) is 5.10 Å². The third-order valence-corrected chi connectivity index (χ3v) is 4.49. The summed E-state index contributed by atoms with van der Waals surface area (Å²) < 4.78 is 16.1. The monoisotopic (exact) mass is 463 g/mol. The molecule has 10 heteroatoms. The number of hydrazone groups is 1. The number of nitrogens with zero attached hydrogens (tertiary/aromatic N) is 2. The van der Waals surface area contributed by atoms with Gasteiger partial charge < -0.3 is 14.2 Å². The molecule has 1 amide bonds. The van der Waals surface area contributed by atoms with E-state index in [9.17, 15) is 19.7 Å². The Labute approximate surface area is 194 Å². The maximum atomic E-state index is 12.5. The highest BCUT2D eigenvalue weighted by molar-refractivity contribution is 5.95. The van der Waals surface area contributed by atoms with E-state index in [4.69, 9.17) is 14.2 Å². The predicted octanol–water partition coefficient (Wildman–Crippen LogP) is 3.99. The number of nitro benzene ring substituents is 1. The Morgan fingerprint density at radius 2 is 1.79 bits per heavy atom. The van der Waals surface area contributed by atoms with E-state index in [1.807, 2.05) is 0 Å². The second kappa shape index (κ2) is 11.2. The van der Waals surface area contributed by atoms with Gasteiger partial charge >= 0.3 is 5.97 Å². The fraction of sp³-hybridized carbons (Fsp3) is 0.125. The number of hydrogen-bond donors (Lipinski definition) is 1. The van der Waals surface area contributed by atoms with Gasteiger partial charge in [0.1, 0.15) is 5.75 Å². The molecule has 0 bridgehead atoms. The normalized spacial score (nSPS) is 10.5. The number of carbonyl (C=O) groups excluding carboxylic acids is 2. The summed E-state index contributed by atoms with van der Waals surface area (Å²) in [4.78, 5) is 34.9. The van der Waals surface area contributed by atoms with Gasteiger partial charge in [0.05, 0.1) is 30.4 Å². The van der Waals surface area contributed by atoms with Crippen LogP contribution in [0.4, 0.5) is 5.69 Å². The molecule has 0 heterocycles. The van der Waals surface area contributed by atoms with Gasteiger partial charge in [-0.05, 0) is 61.0 Å². The molecule has 174 valence electrons. The molecule has 3 aromatic carbocycles. The summed E-state index contributed by atoms with van der Waals surface area (Å²) >= 11 is 0. The molecule has 0 radical (unpaired) electrons. The van der Waals surface area contributed by atoms with Gasteiger partial charge in [-0.15, -0.1) is 0 Å². The van der Waals surface area contributed by atoms with Crippen molar-refractivity contribution in [1.29, 1.82) is 0 Å². The van der Waals surface area contributed by atoms with Crippen molar-refractivity contribution in [3.63, 3.8) is 0 Å². The van der Waals surface area contributed by atoms with Crippen molar-refractivity contribution in [2.45, 2.75) is 6.92 Å². The third kappa shape index (κ3) is 6.16. The average Bonchev–Trinajstić information content (AvgIpc) is 2.85. The minimum Gasteiger partial charge on any atom is -0.497 e. The van der Waals surface area contributed by atoms with E-state index in [0.717, 1.165) is 6.07 Å². The molecule has 0 saturated heterocycles. The van der Waals surface area contributed by atoms with Crippen molar-refractivity contribution < 1.29 is 28.7 Å². The van der Waals surface area contributed by atoms with Crippen LogP contribution in [-0.2, 0) is 0 Å². The molecule has 0 spiro atoms. The van der Waals surface area contributed by atoms with E-state index in [0.29, 0.717) is 29.2 Å². The molecule has 1 N–H and O–H groups in total. The van der Waals surface area contributed by atoms with E-state index in [1.165, 1.54) is 31.5 Å². The first-order chi connectivity index (χ1) is 16.4. The first kappa shape index (κ1) is 23.9. The van der Waals surface area contributed by atoms with E-state index in [-0.39, 0.29) is 17.0 Å². The van der Waals surface area contributed by atoms with Crippen LogP contribution >= 0.6 is 0 Å². The van der Waals surface area contributed by atoms with Gasteiger partial charge in [0.25, 0.3) is 11.6 Å². The van der Waals surface area contributed by atoms with Crippen LogP contribution in [0.3, 0.4) is 0 Å². The molecule has 34 heavy (non-hydrogen) atoms. The Balaban J connectivity index is 1.69. The number of non-ortho nitro benzene ring substituents is 1. The number of methoxy groups -OCH3 is 1. The molecular formula is C24H21N3O7. The van der Waals surface area contributed by atoms with Crippen LogP contribution < -0.4 is 19.6 Å². The van der Waals surface area contributed by atoms with Crippen LogP contribution in [0.2, 0.25) is 0 Å². The smallest absolute Gasteiger partial charge is 0.343 e. The number of nitrogens with one attached hydrogen (secondary N) is 1. The molecule has 3 rings (SSSR count). The fourth-order valence-electron chi connectivity index (χ4n) is 2.83. The van der Waals surface area contributed by atoms with Crippen LogP contribution in [0.1, 0.15) is 33.2 Å². The number of rotatable bonds is 9. The zero-order valence-corrected chi connectivity index (χ0v) is 18.4. The number of nitro groups is 1. The molecule has 3 aromatic rings. The first-order valence-corrected chi connectivity index (χ1v) is 10.1. The minimum atomic E-state index is -0.602. The summed E-state index contributed by atoms with van der Waals surface area (Å²) in [5.41, 5.74) is 3.12. The Kier molecular flexibility index (Phi) is 7.90. The fourth-order valence-corrected chi connectivity index (χ4v) is 2.83. The van der Waals surface area contributed by atoms with Crippen LogP contribution in [0.15, 0.2) is 71.8 Å². The zero-order chi connectivity index (χ0) is 24.5. The largest absolute Gasteiger partial charge is 0.497 e. The molecule has 0 unspecified atom stereocenters. The lowest BCUT2D eigenvalue weighted by Gasteiger charge is -2.11. The third-order valence-electron chi connectivity index (χ3n) is 4.49. The molecule has 0 fully saturated rings. The topological polar surface area (TPSA) is 129 Å². The summed E-state index contributed by atoms with van der Waals surface area (Å²) in [6.45, 7) is 2.12. The second-order valence-electron chi connectivity index (χ2n) is 6.76. The molecule has 0 aliphatic rings. The second-order valence-corrected chi connectivity index (χ2v) is 6.76. The van der Waals surface area contributed by atoms with Crippen LogP contribution in [0, 0.1) is 10.1 Å². The Hall–Kier alpha value is -4.73. The standard InChI is InChI=1S/C24H21N3O7/c1-3-33-22-13-16(15-25-26-23(28)18-5-4-6-19(14-18)27(30)31)7-12-21(22)34-24(29)17-8-10-20(32-2)11-9-17/h4-15H,3H2,1-2H3,(H,26,28)/b25-15+. The van der Waals surface area contributed by atoms with Gasteiger partial charge in [-0.1, -0.05) is 6.07 Å². The molecule has 0 saturated carbocycles.